The molecule has 0 atom stereocenters. The van der Waals surface area contributed by atoms with Gasteiger partial charge in [-0.3, -0.25) is 15.6 Å². The van der Waals surface area contributed by atoms with E-state index in [1.54, 1.807) is 13.1 Å². The second-order valence-corrected chi connectivity index (χ2v) is 9.64. The number of aliphatic hydroxyl groups excluding tert-OH is 1. The molecule has 0 aliphatic rings. The first kappa shape index (κ1) is 33.4. The minimum atomic E-state index is -0.445. The Hall–Kier alpha value is -3.64. The van der Waals surface area contributed by atoms with E-state index >= 15 is 0 Å². The number of hydrogen-bond donors (Lipinski definition) is 3. The molecule has 0 fully saturated rings. The average molecular weight is 534 g/mol. The number of carbonyl (C=O) groups excluding carboxylic acids is 1. The summed E-state index contributed by atoms with van der Waals surface area (Å²) in [7, 11) is 1.57. The van der Waals surface area contributed by atoms with Gasteiger partial charge in [0.15, 0.2) is 5.78 Å². The van der Waals surface area contributed by atoms with Crippen LogP contribution in [0, 0.1) is 16.6 Å². The monoisotopic (exact) mass is 533 g/mol. The predicted molar refractivity (Wildman–Crippen MR) is 162 cm³/mol. The van der Waals surface area contributed by atoms with Crippen LogP contribution in [0.5, 0.6) is 0 Å². The molecular formula is C33H44FN3O2. The molecule has 0 saturated carbocycles. The molecule has 2 rings (SSSR count). The fourth-order valence-corrected chi connectivity index (χ4v) is 4.12. The molecule has 5 nitrogen and oxygen atoms in total. The SMILES string of the molecule is C=C(C)/C=C(\C=C(\C)CCC)CO.CCCC(=O)c1cc(-c2ccc(F)cc2C(=N)N(C)C=N)ccc1CC. The molecule has 0 saturated heterocycles. The van der Waals surface area contributed by atoms with Gasteiger partial charge in [-0.05, 0) is 73.6 Å². The van der Waals surface area contributed by atoms with Gasteiger partial charge >= 0.3 is 0 Å². The first-order valence-corrected chi connectivity index (χ1v) is 13.4. The fraction of sp³-hybridized carbons (Fsp3) is 0.364. The normalized spacial score (nSPS) is 11.4. The number of aryl methyl sites for hydroxylation is 1. The summed E-state index contributed by atoms with van der Waals surface area (Å²) in [6.07, 6.45) is 9.22. The second kappa shape index (κ2) is 17.0. The number of Topliss-reactive ketones (excluding diaryl/α,β-unsaturated/α-hetero) is 1. The summed E-state index contributed by atoms with van der Waals surface area (Å²) >= 11 is 0. The van der Waals surface area contributed by atoms with Crippen molar-refractivity contribution in [3.05, 3.63) is 94.4 Å². The van der Waals surface area contributed by atoms with Crippen LogP contribution >= 0.6 is 0 Å². The van der Waals surface area contributed by atoms with Gasteiger partial charge in [-0.2, -0.15) is 0 Å². The van der Waals surface area contributed by atoms with E-state index in [2.05, 4.69) is 20.4 Å². The standard InChI is InChI=1S/C21H24FN3O.C12H20O/c1-4-6-20(26)18-11-15(8-7-14(18)5-2)17-10-9-16(22)12-19(17)21(24)25(3)13-23;1-5-6-11(4)8-12(9-13)7-10(2)3/h7-13,23-24H,4-6H2,1-3H3;7-8,13H,2,5-6,9H2,1,3-4H3/b;11-8-,12-7+. The van der Waals surface area contributed by atoms with Crippen LogP contribution in [0.1, 0.15) is 81.8 Å². The smallest absolute Gasteiger partial charge is 0.163 e. The Morgan fingerprint density at radius 2 is 1.69 bits per heavy atom. The number of benzene rings is 2. The Bertz CT molecular complexity index is 1230. The molecule has 0 unspecified atom stereocenters. The molecule has 0 bridgehead atoms. The Kier molecular flexibility index (Phi) is 14.6. The van der Waals surface area contributed by atoms with E-state index in [1.165, 1.54) is 22.6 Å². The molecule has 0 spiro atoms. The van der Waals surface area contributed by atoms with Crippen molar-refractivity contribution in [1.29, 1.82) is 10.8 Å². The van der Waals surface area contributed by atoms with E-state index in [4.69, 9.17) is 15.9 Å². The van der Waals surface area contributed by atoms with Gasteiger partial charge in [-0.1, -0.05) is 75.3 Å². The molecule has 2 aromatic carbocycles. The maximum atomic E-state index is 13.8. The maximum Gasteiger partial charge on any atom is 0.163 e. The van der Waals surface area contributed by atoms with Crippen molar-refractivity contribution in [3.8, 4) is 11.1 Å². The van der Waals surface area contributed by atoms with E-state index in [1.807, 2.05) is 51.1 Å². The van der Waals surface area contributed by atoms with Crippen molar-refractivity contribution < 1.29 is 14.3 Å². The minimum absolute atomic E-state index is 0.0236. The summed E-state index contributed by atoms with van der Waals surface area (Å²) in [6, 6.07) is 9.92. The zero-order valence-corrected chi connectivity index (χ0v) is 24.3. The summed E-state index contributed by atoms with van der Waals surface area (Å²) in [6.45, 7) is 14.0. The number of rotatable bonds is 12. The van der Waals surface area contributed by atoms with E-state index in [-0.39, 0.29) is 18.2 Å². The van der Waals surface area contributed by atoms with E-state index in [9.17, 15) is 9.18 Å². The number of amidine groups is 1. The molecule has 0 radical (unpaired) electrons. The van der Waals surface area contributed by atoms with E-state index in [0.29, 0.717) is 23.1 Å². The number of halogens is 1. The van der Waals surface area contributed by atoms with Crippen molar-refractivity contribution in [2.24, 2.45) is 0 Å². The van der Waals surface area contributed by atoms with Crippen LogP contribution in [0.2, 0.25) is 0 Å². The zero-order valence-electron chi connectivity index (χ0n) is 24.3. The Morgan fingerprint density at radius 1 is 1.03 bits per heavy atom. The molecule has 210 valence electrons. The fourth-order valence-electron chi connectivity index (χ4n) is 4.12. The van der Waals surface area contributed by atoms with Crippen LogP contribution in [-0.4, -0.2) is 41.6 Å². The molecule has 2 aromatic rings. The maximum absolute atomic E-state index is 13.8. The molecular weight excluding hydrogens is 489 g/mol. The Morgan fingerprint density at radius 3 is 2.23 bits per heavy atom. The highest BCUT2D eigenvalue weighted by molar-refractivity contribution is 6.07. The number of nitrogens with zero attached hydrogens (tertiary/aromatic N) is 1. The van der Waals surface area contributed by atoms with Crippen LogP contribution in [0.3, 0.4) is 0 Å². The first-order chi connectivity index (χ1) is 18.5. The summed E-state index contributed by atoms with van der Waals surface area (Å²) in [4.78, 5) is 13.8. The van der Waals surface area contributed by atoms with Gasteiger partial charge < -0.3 is 10.0 Å². The Balaban J connectivity index is 0.000000495. The van der Waals surface area contributed by atoms with Crippen molar-refractivity contribution in [3.63, 3.8) is 0 Å². The number of nitrogens with one attached hydrogen (secondary N) is 2. The van der Waals surface area contributed by atoms with Gasteiger partial charge in [0, 0.05) is 24.6 Å². The number of aliphatic hydroxyl groups is 1. The van der Waals surface area contributed by atoms with Crippen LogP contribution in [0.15, 0.2) is 71.8 Å². The lowest BCUT2D eigenvalue weighted by molar-refractivity contribution is 0.0981. The first-order valence-electron chi connectivity index (χ1n) is 13.4. The van der Waals surface area contributed by atoms with Crippen LogP contribution in [0.25, 0.3) is 11.1 Å². The van der Waals surface area contributed by atoms with Gasteiger partial charge in [-0.15, -0.1) is 0 Å². The van der Waals surface area contributed by atoms with Crippen molar-refractivity contribution >= 4 is 18.0 Å². The zero-order chi connectivity index (χ0) is 29.5. The molecule has 0 amide bonds. The second-order valence-electron chi connectivity index (χ2n) is 9.64. The van der Waals surface area contributed by atoms with Gasteiger partial charge in [0.25, 0.3) is 0 Å². The lowest BCUT2D eigenvalue weighted by atomic mass is 9.92. The highest BCUT2D eigenvalue weighted by Crippen LogP contribution is 2.28. The average Bonchev–Trinajstić information content (AvgIpc) is 2.91. The van der Waals surface area contributed by atoms with Crippen LogP contribution in [-0.2, 0) is 6.42 Å². The molecule has 0 aliphatic carbocycles. The third-order valence-corrected chi connectivity index (χ3v) is 6.05. The highest BCUT2D eigenvalue weighted by atomic mass is 19.1. The summed E-state index contributed by atoms with van der Waals surface area (Å²) in [5.74, 6) is -0.323. The predicted octanol–water partition coefficient (Wildman–Crippen LogP) is 8.13. The van der Waals surface area contributed by atoms with Crippen LogP contribution < -0.4 is 0 Å². The topological polar surface area (TPSA) is 88.2 Å². The molecule has 0 heterocycles. The number of ketones is 1. The molecule has 0 aromatic heterocycles. The largest absolute Gasteiger partial charge is 0.392 e. The van der Waals surface area contributed by atoms with Crippen molar-refractivity contribution in [2.45, 2.75) is 66.7 Å². The molecule has 39 heavy (non-hydrogen) atoms. The van der Waals surface area contributed by atoms with E-state index in [0.717, 1.165) is 54.3 Å². The van der Waals surface area contributed by atoms with Gasteiger partial charge in [0.05, 0.1) is 12.9 Å². The van der Waals surface area contributed by atoms with Gasteiger partial charge in [-0.25, -0.2) is 4.39 Å². The molecule has 6 heteroatoms. The summed E-state index contributed by atoms with van der Waals surface area (Å²) in [5.41, 5.74) is 6.72. The summed E-state index contributed by atoms with van der Waals surface area (Å²) < 4.78 is 13.8. The molecule has 3 N–H and O–H groups in total. The Labute approximate surface area is 233 Å². The van der Waals surface area contributed by atoms with Crippen molar-refractivity contribution in [2.75, 3.05) is 13.7 Å². The number of hydrogen-bond acceptors (Lipinski definition) is 4. The lowest BCUT2D eigenvalue weighted by Gasteiger charge is -2.18. The third-order valence-electron chi connectivity index (χ3n) is 6.05. The number of carbonyl (C=O) groups is 1. The summed E-state index contributed by atoms with van der Waals surface area (Å²) in [5, 5.41) is 24.6. The van der Waals surface area contributed by atoms with E-state index < -0.39 is 5.82 Å². The molecule has 0 aliphatic heterocycles. The highest BCUT2D eigenvalue weighted by Gasteiger charge is 2.17. The van der Waals surface area contributed by atoms with Crippen LogP contribution in [0.4, 0.5) is 4.39 Å². The minimum Gasteiger partial charge on any atom is -0.392 e. The third kappa shape index (κ3) is 10.6. The van der Waals surface area contributed by atoms with Crippen molar-refractivity contribution in [1.82, 2.24) is 4.90 Å². The quantitative estimate of drug-likeness (QED) is 0.111. The number of allylic oxidation sites excluding steroid dienone is 3. The van der Waals surface area contributed by atoms with Gasteiger partial charge in [0.1, 0.15) is 11.7 Å². The lowest BCUT2D eigenvalue weighted by Crippen LogP contribution is -2.25. The van der Waals surface area contributed by atoms with Gasteiger partial charge in [0.2, 0.25) is 0 Å².